The fourth-order valence-electron chi connectivity index (χ4n) is 2.89. The molecule has 3 nitrogen and oxygen atoms in total. The number of nitrogens with zero attached hydrogens (tertiary/aromatic N) is 1. The minimum absolute atomic E-state index is 0.214. The fourth-order valence-corrected chi connectivity index (χ4v) is 3.16. The summed E-state index contributed by atoms with van der Waals surface area (Å²) in [7, 11) is 0. The van der Waals surface area contributed by atoms with Crippen LogP contribution in [0.5, 0.6) is 0 Å². The molecule has 0 aliphatic carbocycles. The van der Waals surface area contributed by atoms with Crippen LogP contribution in [0.25, 0.3) is 21.8 Å². The number of alkyl halides is 1. The molecule has 2 aromatic carbocycles. The van der Waals surface area contributed by atoms with E-state index in [9.17, 15) is 0 Å². The van der Waals surface area contributed by atoms with Crippen molar-refractivity contribution in [1.82, 2.24) is 10.3 Å². The highest BCUT2D eigenvalue weighted by atomic mass is 35.5. The lowest BCUT2D eigenvalue weighted by Gasteiger charge is -2.14. The maximum atomic E-state index is 6.14. The lowest BCUT2D eigenvalue weighted by atomic mass is 10.1. The molecular weight excluding hydrogens is 353 g/mol. The molecule has 0 radical (unpaired) electrons. The molecule has 1 unspecified atom stereocenters. The van der Waals surface area contributed by atoms with Gasteiger partial charge in [-0.05, 0) is 43.7 Å². The van der Waals surface area contributed by atoms with E-state index in [-0.39, 0.29) is 5.38 Å². The van der Waals surface area contributed by atoms with Crippen LogP contribution in [0.3, 0.4) is 0 Å². The van der Waals surface area contributed by atoms with Crippen LogP contribution in [0, 0.1) is 0 Å². The Kier molecular flexibility index (Phi) is 6.35. The van der Waals surface area contributed by atoms with Crippen LogP contribution in [0.2, 0.25) is 5.02 Å². The zero-order chi connectivity index (χ0) is 17.6. The highest BCUT2D eigenvalue weighted by molar-refractivity contribution is 6.31. The number of halogens is 2. The number of rotatable bonds is 8. The van der Waals surface area contributed by atoms with E-state index >= 15 is 0 Å². The Hall–Kier alpha value is -1.55. The second kappa shape index (κ2) is 8.70. The summed E-state index contributed by atoms with van der Waals surface area (Å²) in [5.74, 6) is 0. The van der Waals surface area contributed by atoms with Gasteiger partial charge in [-0.15, -0.1) is 11.6 Å². The number of fused-ring (bicyclic) bond motifs is 2. The van der Waals surface area contributed by atoms with Gasteiger partial charge in [-0.25, -0.2) is 4.98 Å². The van der Waals surface area contributed by atoms with Crippen LogP contribution < -0.4 is 10.6 Å². The Labute approximate surface area is 158 Å². The van der Waals surface area contributed by atoms with Crippen molar-refractivity contribution in [1.29, 1.82) is 0 Å². The van der Waals surface area contributed by atoms with Crippen LogP contribution >= 0.6 is 23.2 Å². The molecule has 2 N–H and O–H groups in total. The fraction of sp³-hybridized carbons (Fsp3) is 0.350. The summed E-state index contributed by atoms with van der Waals surface area (Å²) in [6.07, 6.45) is 2.02. The van der Waals surface area contributed by atoms with Crippen molar-refractivity contribution in [2.24, 2.45) is 0 Å². The number of anilines is 1. The number of hydrogen-bond acceptors (Lipinski definition) is 3. The van der Waals surface area contributed by atoms with Crippen LogP contribution in [0.15, 0.2) is 42.5 Å². The minimum atomic E-state index is 0.214. The molecule has 0 bridgehead atoms. The molecule has 0 saturated carbocycles. The van der Waals surface area contributed by atoms with Gasteiger partial charge in [0.15, 0.2) is 0 Å². The third kappa shape index (κ3) is 4.55. The van der Waals surface area contributed by atoms with Crippen LogP contribution in [-0.4, -0.2) is 30.0 Å². The predicted octanol–water partition coefficient (Wildman–Crippen LogP) is 5.45. The summed E-state index contributed by atoms with van der Waals surface area (Å²) < 4.78 is 0. The Bertz CT molecular complexity index is 851. The Morgan fingerprint density at radius 1 is 1.04 bits per heavy atom. The molecule has 1 heterocycles. The van der Waals surface area contributed by atoms with Gasteiger partial charge in [-0.3, -0.25) is 0 Å². The molecule has 0 saturated heterocycles. The zero-order valence-corrected chi connectivity index (χ0v) is 15.9. The first kappa shape index (κ1) is 18.2. The molecule has 132 valence electrons. The largest absolute Gasteiger partial charge is 0.384 e. The average Bonchev–Trinajstić information content (AvgIpc) is 2.63. The van der Waals surface area contributed by atoms with Crippen molar-refractivity contribution in [3.8, 4) is 0 Å². The predicted molar refractivity (Wildman–Crippen MR) is 110 cm³/mol. The van der Waals surface area contributed by atoms with E-state index < -0.39 is 0 Å². The van der Waals surface area contributed by atoms with Gasteiger partial charge in [0, 0.05) is 34.3 Å². The second-order valence-electron chi connectivity index (χ2n) is 6.16. The topological polar surface area (TPSA) is 37.0 Å². The molecule has 1 aromatic heterocycles. The zero-order valence-electron chi connectivity index (χ0n) is 14.4. The SMILES string of the molecule is CCC(Cl)CNCCCNc1c2ccccc2nc2cc(Cl)ccc12. The molecule has 3 aromatic rings. The Morgan fingerprint density at radius 2 is 1.84 bits per heavy atom. The summed E-state index contributed by atoms with van der Waals surface area (Å²) in [4.78, 5) is 4.73. The maximum absolute atomic E-state index is 6.14. The monoisotopic (exact) mass is 375 g/mol. The average molecular weight is 376 g/mol. The first-order chi connectivity index (χ1) is 12.2. The van der Waals surface area contributed by atoms with Gasteiger partial charge in [0.25, 0.3) is 0 Å². The molecule has 1 atom stereocenters. The second-order valence-corrected chi connectivity index (χ2v) is 7.21. The summed E-state index contributed by atoms with van der Waals surface area (Å²) in [6.45, 7) is 4.80. The van der Waals surface area contributed by atoms with E-state index in [0.717, 1.165) is 60.0 Å². The van der Waals surface area contributed by atoms with Crippen LogP contribution in [0.4, 0.5) is 5.69 Å². The van der Waals surface area contributed by atoms with E-state index in [1.54, 1.807) is 0 Å². The lowest BCUT2D eigenvalue weighted by molar-refractivity contribution is 0.631. The van der Waals surface area contributed by atoms with Gasteiger partial charge in [-0.2, -0.15) is 0 Å². The maximum Gasteiger partial charge on any atom is 0.0745 e. The van der Waals surface area contributed by atoms with E-state index in [0.29, 0.717) is 5.02 Å². The first-order valence-corrected chi connectivity index (χ1v) is 9.57. The van der Waals surface area contributed by atoms with Gasteiger partial charge in [0.05, 0.1) is 16.7 Å². The van der Waals surface area contributed by atoms with E-state index in [1.165, 1.54) is 0 Å². The number of benzene rings is 2. The van der Waals surface area contributed by atoms with Crippen molar-refractivity contribution in [2.45, 2.75) is 25.1 Å². The smallest absolute Gasteiger partial charge is 0.0745 e. The van der Waals surface area contributed by atoms with Gasteiger partial charge in [-0.1, -0.05) is 36.7 Å². The van der Waals surface area contributed by atoms with Crippen LogP contribution in [-0.2, 0) is 0 Å². The van der Waals surface area contributed by atoms with Crippen molar-refractivity contribution >= 4 is 50.7 Å². The van der Waals surface area contributed by atoms with Gasteiger partial charge in [0.2, 0.25) is 0 Å². The Morgan fingerprint density at radius 3 is 2.68 bits per heavy atom. The molecule has 5 heteroatoms. The highest BCUT2D eigenvalue weighted by Crippen LogP contribution is 2.31. The first-order valence-electron chi connectivity index (χ1n) is 8.75. The van der Waals surface area contributed by atoms with E-state index in [4.69, 9.17) is 28.2 Å². The summed E-state index contributed by atoms with van der Waals surface area (Å²) in [5, 5.41) is 10.2. The van der Waals surface area contributed by atoms with Gasteiger partial charge >= 0.3 is 0 Å². The van der Waals surface area contributed by atoms with Gasteiger partial charge < -0.3 is 10.6 Å². The molecule has 0 amide bonds. The quantitative estimate of drug-likeness (QED) is 0.312. The summed E-state index contributed by atoms with van der Waals surface area (Å²) in [5.41, 5.74) is 3.02. The molecule has 25 heavy (non-hydrogen) atoms. The molecular formula is C20H23Cl2N3. The number of hydrogen-bond donors (Lipinski definition) is 2. The van der Waals surface area contributed by atoms with Crippen molar-refractivity contribution in [3.63, 3.8) is 0 Å². The molecule has 0 spiro atoms. The Balaban J connectivity index is 1.74. The van der Waals surface area contributed by atoms with Crippen molar-refractivity contribution in [2.75, 3.05) is 25.0 Å². The summed E-state index contributed by atoms with van der Waals surface area (Å²) in [6, 6.07) is 14.1. The summed E-state index contributed by atoms with van der Waals surface area (Å²) >= 11 is 12.3. The highest BCUT2D eigenvalue weighted by Gasteiger charge is 2.09. The van der Waals surface area contributed by atoms with Crippen LogP contribution in [0.1, 0.15) is 19.8 Å². The minimum Gasteiger partial charge on any atom is -0.384 e. The third-order valence-electron chi connectivity index (χ3n) is 4.28. The number of pyridine rings is 1. The van der Waals surface area contributed by atoms with Crippen molar-refractivity contribution in [3.05, 3.63) is 47.5 Å². The van der Waals surface area contributed by atoms with E-state index in [1.807, 2.05) is 36.4 Å². The number of aromatic nitrogens is 1. The van der Waals surface area contributed by atoms with Crippen molar-refractivity contribution < 1.29 is 0 Å². The lowest BCUT2D eigenvalue weighted by Crippen LogP contribution is -2.25. The molecule has 3 rings (SSSR count). The molecule has 0 fully saturated rings. The normalized spacial score (nSPS) is 12.6. The standard InChI is InChI=1S/C20H23Cl2N3/c1-2-14(21)13-23-10-5-11-24-20-16-6-3-4-7-18(16)25-19-12-15(22)8-9-17(19)20/h3-4,6-9,12,14,23H,2,5,10-11,13H2,1H3,(H,24,25). The van der Waals surface area contributed by atoms with Gasteiger partial charge in [0.1, 0.15) is 0 Å². The molecule has 0 aliphatic rings. The number of para-hydroxylation sites is 1. The van der Waals surface area contributed by atoms with E-state index in [2.05, 4.69) is 23.6 Å². The third-order valence-corrected chi connectivity index (χ3v) is 4.98. The number of nitrogens with one attached hydrogen (secondary N) is 2. The molecule has 0 aliphatic heterocycles.